The minimum atomic E-state index is -0.406. The van der Waals surface area contributed by atoms with E-state index in [1.807, 2.05) is 23.0 Å². The monoisotopic (exact) mass is 395 g/mol. The predicted octanol–water partition coefficient (Wildman–Crippen LogP) is 4.53. The topological polar surface area (TPSA) is 38.9 Å². The lowest BCUT2D eigenvalue weighted by Crippen LogP contribution is -2.34. The highest BCUT2D eigenvalue weighted by molar-refractivity contribution is 5.89. The highest BCUT2D eigenvalue weighted by Crippen LogP contribution is 2.31. The second-order valence-corrected chi connectivity index (χ2v) is 7.87. The molecule has 1 saturated heterocycles. The number of hydrogen-bond donors (Lipinski definition) is 0. The van der Waals surface area contributed by atoms with E-state index in [0.29, 0.717) is 27.5 Å². The summed E-state index contributed by atoms with van der Waals surface area (Å²) in [5.74, 6) is -0.786. The molecule has 0 atom stereocenters. The van der Waals surface area contributed by atoms with Crippen molar-refractivity contribution in [3.05, 3.63) is 48.3 Å². The van der Waals surface area contributed by atoms with Crippen molar-refractivity contribution in [2.45, 2.75) is 25.8 Å². The lowest BCUT2D eigenvalue weighted by atomic mass is 10.0. The molecule has 0 saturated carbocycles. The standard InChI is InChI=1S/C22H23F2N5/c1-3-28-6-4-18(5-7-28)29-13-17-9-15(11-20(24)22(17)26-29)14-8-16-12-27(2)25-21(16)19(23)10-14/h8-13,18H,3-7H2,1-2H3. The van der Waals surface area contributed by atoms with Crippen LogP contribution >= 0.6 is 0 Å². The largest absolute Gasteiger partial charge is 0.303 e. The number of nitrogens with zero attached hydrogens (tertiary/aromatic N) is 5. The molecule has 3 heterocycles. The number of hydrogen-bond acceptors (Lipinski definition) is 3. The van der Waals surface area contributed by atoms with Crippen molar-refractivity contribution in [1.29, 1.82) is 0 Å². The van der Waals surface area contributed by atoms with Gasteiger partial charge in [-0.2, -0.15) is 10.2 Å². The van der Waals surface area contributed by atoms with Crippen LogP contribution in [0.2, 0.25) is 0 Å². The first kappa shape index (κ1) is 18.2. The zero-order valence-electron chi connectivity index (χ0n) is 16.6. The molecule has 0 spiro atoms. The number of benzene rings is 2. The third kappa shape index (κ3) is 3.19. The maximum absolute atomic E-state index is 14.9. The molecular weight excluding hydrogens is 372 g/mol. The van der Waals surface area contributed by atoms with E-state index in [-0.39, 0.29) is 11.9 Å². The molecule has 5 nitrogen and oxygen atoms in total. The Morgan fingerprint density at radius 1 is 0.897 bits per heavy atom. The Morgan fingerprint density at radius 2 is 1.48 bits per heavy atom. The Hall–Kier alpha value is -2.80. The smallest absolute Gasteiger partial charge is 0.151 e. The van der Waals surface area contributed by atoms with Gasteiger partial charge in [0.1, 0.15) is 11.0 Å². The van der Waals surface area contributed by atoms with E-state index in [2.05, 4.69) is 22.0 Å². The fraction of sp³-hybridized carbons (Fsp3) is 0.364. The summed E-state index contributed by atoms with van der Waals surface area (Å²) >= 11 is 0. The number of piperidine rings is 1. The Morgan fingerprint density at radius 3 is 2.10 bits per heavy atom. The quantitative estimate of drug-likeness (QED) is 0.512. The summed E-state index contributed by atoms with van der Waals surface area (Å²) in [5, 5.41) is 10.1. The van der Waals surface area contributed by atoms with Gasteiger partial charge in [0.25, 0.3) is 0 Å². The van der Waals surface area contributed by atoms with Crippen LogP contribution in [0, 0.1) is 11.6 Å². The first-order valence-corrected chi connectivity index (χ1v) is 10.1. The molecule has 1 fully saturated rings. The third-order valence-corrected chi connectivity index (χ3v) is 5.97. The molecule has 5 rings (SSSR count). The third-order valence-electron chi connectivity index (χ3n) is 5.97. The first-order chi connectivity index (χ1) is 14.0. The van der Waals surface area contributed by atoms with Crippen molar-refractivity contribution in [3.8, 4) is 11.1 Å². The van der Waals surface area contributed by atoms with Gasteiger partial charge >= 0.3 is 0 Å². The van der Waals surface area contributed by atoms with Crippen LogP contribution in [0.4, 0.5) is 8.78 Å². The van der Waals surface area contributed by atoms with Gasteiger partial charge in [0.2, 0.25) is 0 Å². The zero-order chi connectivity index (χ0) is 20.1. The average molecular weight is 395 g/mol. The van der Waals surface area contributed by atoms with Crippen LogP contribution in [-0.4, -0.2) is 44.1 Å². The lowest BCUT2D eigenvalue weighted by molar-refractivity contribution is 0.188. The van der Waals surface area contributed by atoms with E-state index in [1.54, 1.807) is 17.9 Å². The van der Waals surface area contributed by atoms with Gasteiger partial charge in [-0.15, -0.1) is 0 Å². The van der Waals surface area contributed by atoms with E-state index in [1.165, 1.54) is 12.1 Å². The van der Waals surface area contributed by atoms with E-state index in [0.717, 1.165) is 37.9 Å². The fourth-order valence-corrected chi connectivity index (χ4v) is 4.34. The highest BCUT2D eigenvalue weighted by Gasteiger charge is 2.21. The second-order valence-electron chi connectivity index (χ2n) is 7.87. The van der Waals surface area contributed by atoms with E-state index in [9.17, 15) is 8.78 Å². The van der Waals surface area contributed by atoms with E-state index in [4.69, 9.17) is 0 Å². The minimum Gasteiger partial charge on any atom is -0.303 e. The molecule has 150 valence electrons. The number of aromatic nitrogens is 4. The van der Waals surface area contributed by atoms with Gasteiger partial charge < -0.3 is 4.90 Å². The molecule has 1 aliphatic rings. The molecule has 4 aromatic rings. The first-order valence-electron chi connectivity index (χ1n) is 10.1. The van der Waals surface area contributed by atoms with Gasteiger partial charge in [0.05, 0.1) is 6.04 Å². The minimum absolute atomic E-state index is 0.289. The molecule has 0 aliphatic carbocycles. The lowest BCUT2D eigenvalue weighted by Gasteiger charge is -2.31. The highest BCUT2D eigenvalue weighted by atomic mass is 19.1. The number of likely N-dealkylation sites (tertiary alicyclic amines) is 1. The summed E-state index contributed by atoms with van der Waals surface area (Å²) in [7, 11) is 1.75. The SMILES string of the molecule is CCN1CCC(n2cc3cc(-c4cc(F)c5nn(C)cc5c4)cc(F)c3n2)CC1. The number of aryl methyl sites for hydroxylation is 1. The van der Waals surface area contributed by atoms with Crippen molar-refractivity contribution in [3.63, 3.8) is 0 Å². The molecule has 7 heteroatoms. The van der Waals surface area contributed by atoms with E-state index >= 15 is 0 Å². The second kappa shape index (κ2) is 6.91. The van der Waals surface area contributed by atoms with Crippen molar-refractivity contribution in [1.82, 2.24) is 24.5 Å². The van der Waals surface area contributed by atoms with Crippen molar-refractivity contribution >= 4 is 21.8 Å². The zero-order valence-corrected chi connectivity index (χ0v) is 16.6. The molecule has 2 aromatic carbocycles. The Kier molecular flexibility index (Phi) is 4.35. The van der Waals surface area contributed by atoms with Gasteiger partial charge in [0.15, 0.2) is 11.6 Å². The summed E-state index contributed by atoms with van der Waals surface area (Å²) in [5.41, 5.74) is 1.96. The van der Waals surface area contributed by atoms with Crippen LogP contribution in [0.15, 0.2) is 36.7 Å². The van der Waals surface area contributed by atoms with Gasteiger partial charge in [0, 0.05) is 43.3 Å². The van der Waals surface area contributed by atoms with Crippen LogP contribution in [0.5, 0.6) is 0 Å². The molecule has 0 unspecified atom stereocenters. The summed E-state index contributed by atoms with van der Waals surface area (Å²) < 4.78 is 32.8. The summed E-state index contributed by atoms with van der Waals surface area (Å²) in [6, 6.07) is 6.88. The number of halogens is 2. The maximum atomic E-state index is 14.9. The molecule has 0 amide bonds. The van der Waals surface area contributed by atoms with Gasteiger partial charge in [-0.3, -0.25) is 9.36 Å². The Balaban J connectivity index is 1.53. The summed E-state index contributed by atoms with van der Waals surface area (Å²) in [6.45, 7) is 5.31. The van der Waals surface area contributed by atoms with Gasteiger partial charge in [-0.25, -0.2) is 8.78 Å². The molecule has 0 bridgehead atoms. The van der Waals surface area contributed by atoms with Crippen LogP contribution in [0.25, 0.3) is 32.9 Å². The van der Waals surface area contributed by atoms with Gasteiger partial charge in [-0.1, -0.05) is 6.92 Å². The van der Waals surface area contributed by atoms with Gasteiger partial charge in [-0.05, 0) is 54.8 Å². The molecular formula is C22H23F2N5. The fourth-order valence-electron chi connectivity index (χ4n) is 4.34. The Labute approximate surface area is 167 Å². The molecule has 0 N–H and O–H groups in total. The maximum Gasteiger partial charge on any atom is 0.151 e. The molecule has 29 heavy (non-hydrogen) atoms. The average Bonchev–Trinajstić information content (AvgIpc) is 3.31. The summed E-state index contributed by atoms with van der Waals surface area (Å²) in [4.78, 5) is 2.42. The van der Waals surface area contributed by atoms with Crippen LogP contribution in [0.1, 0.15) is 25.8 Å². The summed E-state index contributed by atoms with van der Waals surface area (Å²) in [6.07, 6.45) is 5.71. The normalized spacial score (nSPS) is 16.3. The molecule has 2 aromatic heterocycles. The molecule has 0 radical (unpaired) electrons. The predicted molar refractivity (Wildman–Crippen MR) is 110 cm³/mol. The van der Waals surface area contributed by atoms with Crippen molar-refractivity contribution in [2.75, 3.05) is 19.6 Å². The molecule has 1 aliphatic heterocycles. The number of rotatable bonds is 3. The van der Waals surface area contributed by atoms with Crippen LogP contribution in [0.3, 0.4) is 0 Å². The van der Waals surface area contributed by atoms with E-state index < -0.39 is 5.82 Å². The van der Waals surface area contributed by atoms with Crippen LogP contribution < -0.4 is 0 Å². The van der Waals surface area contributed by atoms with Crippen molar-refractivity contribution in [2.24, 2.45) is 7.05 Å². The van der Waals surface area contributed by atoms with Crippen molar-refractivity contribution < 1.29 is 8.78 Å². The van der Waals surface area contributed by atoms with Crippen LogP contribution in [-0.2, 0) is 7.05 Å². The Bertz CT molecular complexity index is 1200. The number of fused-ring (bicyclic) bond motifs is 2.